The van der Waals surface area contributed by atoms with E-state index in [0.29, 0.717) is 47.4 Å². The summed E-state index contributed by atoms with van der Waals surface area (Å²) in [6.45, 7) is 0. The minimum atomic E-state index is -3.84. The quantitative estimate of drug-likeness (QED) is 0.224. The van der Waals surface area contributed by atoms with Crippen molar-refractivity contribution in [3.8, 4) is 17.0 Å². The average Bonchev–Trinajstić information content (AvgIpc) is 4.02. The summed E-state index contributed by atoms with van der Waals surface area (Å²) in [5.41, 5.74) is 8.43. The van der Waals surface area contributed by atoms with Crippen molar-refractivity contribution >= 4 is 49.7 Å². The normalized spacial score (nSPS) is 28.7. The van der Waals surface area contributed by atoms with Crippen LogP contribution in [-0.2, 0) is 24.4 Å². The van der Waals surface area contributed by atoms with Crippen molar-refractivity contribution in [1.29, 1.82) is 0 Å². The minimum Gasteiger partial charge on any atom is -0.486 e. The highest BCUT2D eigenvalue weighted by atomic mass is 32.2. The number of benzene rings is 2. The number of aromatic nitrogens is 1. The van der Waals surface area contributed by atoms with E-state index >= 15 is 0 Å². The number of nitrogens with two attached hydrogens (primary N) is 1. The summed E-state index contributed by atoms with van der Waals surface area (Å²) in [6, 6.07) is 18.5. The van der Waals surface area contributed by atoms with Gasteiger partial charge in [-0.3, -0.25) is 19.1 Å². The second-order valence-electron chi connectivity index (χ2n) is 14.6. The van der Waals surface area contributed by atoms with Crippen LogP contribution in [0.4, 0.5) is 0 Å². The van der Waals surface area contributed by atoms with Crippen LogP contribution in [0.5, 0.6) is 5.75 Å². The fourth-order valence-electron chi connectivity index (χ4n) is 7.83. The number of carbonyl (C=O) groups is 3. The number of fused-ring (bicyclic) bond motifs is 5. The van der Waals surface area contributed by atoms with Gasteiger partial charge in [0.25, 0.3) is 5.91 Å². The van der Waals surface area contributed by atoms with Crippen LogP contribution in [0.1, 0.15) is 64.2 Å². The summed E-state index contributed by atoms with van der Waals surface area (Å²) in [7, 11) is -3.84. The number of para-hydroxylation sites is 1. The second-order valence-corrected chi connectivity index (χ2v) is 16.6. The molecule has 1 unspecified atom stereocenters. The molecule has 0 saturated heterocycles. The van der Waals surface area contributed by atoms with Crippen LogP contribution >= 0.6 is 0 Å². The molecule has 0 bridgehead atoms. The topological polar surface area (TPSA) is 171 Å². The van der Waals surface area contributed by atoms with Crippen LogP contribution < -0.4 is 20.5 Å². The molecule has 51 heavy (non-hydrogen) atoms. The molecule has 2 amide bonds. The maximum absolute atomic E-state index is 14.3. The van der Waals surface area contributed by atoms with E-state index in [1.54, 1.807) is 0 Å². The van der Waals surface area contributed by atoms with Gasteiger partial charge in [-0.25, -0.2) is 13.4 Å². The summed E-state index contributed by atoms with van der Waals surface area (Å²) in [5.74, 6) is -2.91. The molecule has 266 valence electrons. The molecule has 4 aromatic rings. The molecule has 8 rings (SSSR count). The zero-order valence-corrected chi connectivity index (χ0v) is 29.1. The van der Waals surface area contributed by atoms with E-state index < -0.39 is 56.6 Å². The summed E-state index contributed by atoms with van der Waals surface area (Å²) in [6.07, 6.45) is 8.90. The van der Waals surface area contributed by atoms with E-state index in [1.807, 2.05) is 72.8 Å². The molecule has 3 heterocycles. The first-order valence-corrected chi connectivity index (χ1v) is 19.6. The third kappa shape index (κ3) is 6.55. The average molecular weight is 711 g/mol. The minimum absolute atomic E-state index is 0.193. The molecule has 0 spiro atoms. The first kappa shape index (κ1) is 33.6. The van der Waals surface area contributed by atoms with Gasteiger partial charge in [-0.1, -0.05) is 67.5 Å². The number of ether oxygens (including phenoxy) is 1. The van der Waals surface area contributed by atoms with E-state index in [4.69, 9.17) is 19.9 Å². The molecule has 11 nitrogen and oxygen atoms in total. The number of hydrogen-bond acceptors (Lipinski definition) is 9. The lowest BCUT2D eigenvalue weighted by atomic mass is 9.86. The number of allylic oxidation sites excluding steroid dienone is 1. The summed E-state index contributed by atoms with van der Waals surface area (Å²) in [4.78, 5) is 46.8. The number of furan rings is 1. The number of Topliss-reactive ketones (excluding diaryl/α,β-unsaturated/α-hetero) is 1. The first-order chi connectivity index (χ1) is 24.6. The van der Waals surface area contributed by atoms with Crippen molar-refractivity contribution < 1.29 is 32.0 Å². The van der Waals surface area contributed by atoms with Crippen molar-refractivity contribution in [1.82, 2.24) is 15.0 Å². The molecule has 3 fully saturated rings. The number of carbonyl (C=O) groups excluding carboxylic acids is 3. The van der Waals surface area contributed by atoms with E-state index in [2.05, 4.69) is 10.0 Å². The fourth-order valence-corrected chi connectivity index (χ4v) is 9.19. The zero-order valence-electron chi connectivity index (χ0n) is 28.3. The lowest BCUT2D eigenvalue weighted by Crippen LogP contribution is -2.54. The van der Waals surface area contributed by atoms with Crippen molar-refractivity contribution in [2.45, 2.75) is 87.1 Å². The highest BCUT2D eigenvalue weighted by Gasteiger charge is 2.62. The van der Waals surface area contributed by atoms with Gasteiger partial charge in [0.2, 0.25) is 15.9 Å². The van der Waals surface area contributed by atoms with Gasteiger partial charge in [0.05, 0.1) is 22.9 Å². The van der Waals surface area contributed by atoms with Crippen LogP contribution in [0.15, 0.2) is 77.2 Å². The third-order valence-corrected chi connectivity index (χ3v) is 12.8. The number of pyridine rings is 1. The molecule has 4 aliphatic rings. The summed E-state index contributed by atoms with van der Waals surface area (Å²) >= 11 is 0. The Bertz CT molecular complexity index is 2140. The van der Waals surface area contributed by atoms with Crippen molar-refractivity contribution in [3.05, 3.63) is 72.8 Å². The SMILES string of the molecule is N[C@H]1CCCCCC=C[C@@H]2C[C@@]2(C(=O)NS(=O)(=O)C2CC2)NC(=O)[C@@H]2C[C@@H](Oc3cc(-c4ccccc4)nc4c3oc3ccccc34)CC2C1=O. The largest absolute Gasteiger partial charge is 0.486 e. The van der Waals surface area contributed by atoms with Gasteiger partial charge in [0.1, 0.15) is 22.7 Å². The van der Waals surface area contributed by atoms with Gasteiger partial charge >= 0.3 is 0 Å². The molecule has 3 saturated carbocycles. The van der Waals surface area contributed by atoms with Gasteiger partial charge < -0.3 is 20.2 Å². The molecule has 4 N–H and O–H groups in total. The monoisotopic (exact) mass is 710 g/mol. The smallest absolute Gasteiger partial charge is 0.259 e. The van der Waals surface area contributed by atoms with E-state index in [9.17, 15) is 22.8 Å². The molecule has 12 heteroatoms. The summed E-state index contributed by atoms with van der Waals surface area (Å²) < 4.78 is 40.8. The Morgan fingerprint density at radius 3 is 2.55 bits per heavy atom. The van der Waals surface area contributed by atoms with Gasteiger partial charge in [-0.05, 0) is 63.5 Å². The number of sulfonamides is 1. The van der Waals surface area contributed by atoms with Gasteiger partial charge in [0.15, 0.2) is 17.1 Å². The number of nitrogens with zero attached hydrogens (tertiary/aromatic N) is 1. The Hall–Kier alpha value is -4.55. The number of rotatable bonds is 6. The third-order valence-electron chi connectivity index (χ3n) is 11.0. The van der Waals surface area contributed by atoms with Crippen LogP contribution in [0.25, 0.3) is 33.3 Å². The maximum Gasteiger partial charge on any atom is 0.259 e. The summed E-state index contributed by atoms with van der Waals surface area (Å²) in [5, 5.41) is 3.19. The maximum atomic E-state index is 14.3. The molecular formula is C39H42N4O7S. The van der Waals surface area contributed by atoms with Crippen molar-refractivity contribution in [3.63, 3.8) is 0 Å². The predicted molar refractivity (Wildman–Crippen MR) is 192 cm³/mol. The van der Waals surface area contributed by atoms with Crippen LogP contribution in [0, 0.1) is 17.8 Å². The zero-order chi connectivity index (χ0) is 35.3. The highest BCUT2D eigenvalue weighted by Crippen LogP contribution is 2.47. The Kier molecular flexibility index (Phi) is 8.70. The molecule has 2 aromatic heterocycles. The van der Waals surface area contributed by atoms with E-state index in [1.165, 1.54) is 0 Å². The lowest BCUT2D eigenvalue weighted by molar-refractivity contribution is -0.135. The fraction of sp³-hybridized carbons (Fsp3) is 0.436. The number of hydrogen-bond donors (Lipinski definition) is 3. The van der Waals surface area contributed by atoms with Gasteiger partial charge in [0, 0.05) is 28.9 Å². The first-order valence-electron chi connectivity index (χ1n) is 18.0. The van der Waals surface area contributed by atoms with Gasteiger partial charge in [-0.2, -0.15) is 0 Å². The number of amides is 2. The molecular weight excluding hydrogens is 669 g/mol. The number of ketones is 1. The Morgan fingerprint density at radius 1 is 0.980 bits per heavy atom. The van der Waals surface area contributed by atoms with E-state index in [-0.39, 0.29) is 31.0 Å². The number of nitrogens with one attached hydrogen (secondary N) is 2. The molecule has 6 atom stereocenters. The van der Waals surface area contributed by atoms with E-state index in [0.717, 1.165) is 36.6 Å². The molecule has 0 radical (unpaired) electrons. The van der Waals surface area contributed by atoms with Gasteiger partial charge in [-0.15, -0.1) is 0 Å². The van der Waals surface area contributed by atoms with Crippen molar-refractivity contribution in [2.24, 2.45) is 23.5 Å². The highest BCUT2D eigenvalue weighted by molar-refractivity contribution is 7.91. The standard InChI is InChI=1S/C39H42N4O7S/c40-30-15-8-3-1-2-7-13-24-22-39(24,38(46)43-51(47,48)26-17-18-26)42-37(45)29-20-25(19-28(29)35(30)44)49-33-21-31(23-11-5-4-6-12-23)41-34-27-14-9-10-16-32(27)50-36(33)34/h4-7,9-14,16,21,24-26,28-30H,1-3,8,15,17-20,22,40H2,(H,42,45)(H,43,46)/t24-,25+,28?,29-,30+,39-/m1/s1. The lowest BCUT2D eigenvalue weighted by Gasteiger charge is -2.24. The second kappa shape index (κ2) is 13.2. The Morgan fingerprint density at radius 2 is 1.75 bits per heavy atom. The molecule has 2 aromatic carbocycles. The molecule has 3 aliphatic carbocycles. The van der Waals surface area contributed by atoms with Crippen LogP contribution in [-0.4, -0.2) is 53.9 Å². The Labute approximate surface area is 296 Å². The van der Waals surface area contributed by atoms with Crippen molar-refractivity contribution in [2.75, 3.05) is 0 Å². The molecule has 1 aliphatic heterocycles. The Balaban J connectivity index is 1.12. The predicted octanol–water partition coefficient (Wildman–Crippen LogP) is 5.32. The van der Waals surface area contributed by atoms with Crippen LogP contribution in [0.2, 0.25) is 0 Å². The van der Waals surface area contributed by atoms with Crippen LogP contribution in [0.3, 0.4) is 0 Å².